The Labute approximate surface area is 157 Å². The Bertz CT molecular complexity index is 837. The third-order valence-electron chi connectivity index (χ3n) is 3.04. The van der Waals surface area contributed by atoms with Crippen molar-refractivity contribution >= 4 is 44.2 Å². The van der Waals surface area contributed by atoms with Crippen molar-refractivity contribution in [2.24, 2.45) is 4.99 Å². The van der Waals surface area contributed by atoms with Crippen molar-refractivity contribution in [3.63, 3.8) is 0 Å². The number of halogens is 1. The number of amidine groups is 1. The number of ether oxygens (including phenoxy) is 1. The molecule has 0 saturated carbocycles. The third kappa shape index (κ3) is 5.20. The molecule has 128 valence electrons. The van der Waals surface area contributed by atoms with Crippen LogP contribution >= 0.6 is 27.7 Å². The molecular weight excluding hydrogens is 408 g/mol. The molecule has 2 rings (SSSR count). The van der Waals surface area contributed by atoms with Gasteiger partial charge in [-0.3, -0.25) is 15.4 Å². The van der Waals surface area contributed by atoms with Gasteiger partial charge in [-0.25, -0.2) is 4.99 Å². The van der Waals surface area contributed by atoms with E-state index >= 15 is 0 Å². The van der Waals surface area contributed by atoms with Crippen LogP contribution in [0.1, 0.15) is 5.56 Å². The topological polar surface area (TPSA) is 101 Å². The Hall–Kier alpha value is -2.57. The molecule has 0 amide bonds. The number of hydrogen-bond acceptors (Lipinski definition) is 6. The summed E-state index contributed by atoms with van der Waals surface area (Å²) < 4.78 is 6.19. The molecule has 1 N–H and O–H groups in total. The Morgan fingerprint density at radius 1 is 1.44 bits per heavy atom. The van der Waals surface area contributed by atoms with Gasteiger partial charge >= 0.3 is 0 Å². The lowest BCUT2D eigenvalue weighted by Gasteiger charge is -2.10. The Kier molecular flexibility index (Phi) is 6.80. The van der Waals surface area contributed by atoms with Gasteiger partial charge in [0.05, 0.1) is 9.40 Å². The number of benzene rings is 2. The summed E-state index contributed by atoms with van der Waals surface area (Å²) in [7, 11) is 0. The van der Waals surface area contributed by atoms with E-state index in [0.717, 1.165) is 5.56 Å². The molecule has 0 fully saturated rings. The first-order chi connectivity index (χ1) is 12.0. The standard InChI is InChI=1S/C16H13BrN4O3S/c1-25-16(19-10-18)20-13-8-15(12(17)7-14(13)21(22)23)24-9-11-5-3-2-4-6-11/h2-8H,9H2,1H3,(H,19,20). The highest BCUT2D eigenvalue weighted by Crippen LogP contribution is 2.38. The van der Waals surface area contributed by atoms with Gasteiger partial charge in [-0.15, -0.1) is 0 Å². The summed E-state index contributed by atoms with van der Waals surface area (Å²) in [5.74, 6) is 0.422. The molecule has 7 nitrogen and oxygen atoms in total. The second-order valence-corrected chi connectivity index (χ2v) is 6.31. The monoisotopic (exact) mass is 420 g/mol. The summed E-state index contributed by atoms with van der Waals surface area (Å²) in [6.07, 6.45) is 3.46. The van der Waals surface area contributed by atoms with Crippen molar-refractivity contribution in [2.45, 2.75) is 6.61 Å². The van der Waals surface area contributed by atoms with Gasteiger partial charge in [-0.05, 0) is 27.7 Å². The third-order valence-corrected chi connectivity index (χ3v) is 4.24. The van der Waals surface area contributed by atoms with Gasteiger partial charge < -0.3 is 4.74 Å². The minimum atomic E-state index is -0.533. The molecule has 0 aliphatic rings. The summed E-state index contributed by atoms with van der Waals surface area (Å²) in [6.45, 7) is 0.312. The highest BCUT2D eigenvalue weighted by Gasteiger charge is 2.19. The predicted molar refractivity (Wildman–Crippen MR) is 101 cm³/mol. The van der Waals surface area contributed by atoms with E-state index in [0.29, 0.717) is 16.8 Å². The molecule has 0 aliphatic heterocycles. The van der Waals surface area contributed by atoms with Crippen LogP contribution in [0.15, 0.2) is 51.9 Å². The van der Waals surface area contributed by atoms with Crippen LogP contribution in [0.2, 0.25) is 0 Å². The van der Waals surface area contributed by atoms with Gasteiger partial charge in [0.2, 0.25) is 0 Å². The quantitative estimate of drug-likeness (QED) is 0.192. The molecule has 0 bridgehead atoms. The van der Waals surface area contributed by atoms with E-state index in [-0.39, 0.29) is 16.5 Å². The van der Waals surface area contributed by atoms with Gasteiger partial charge in [0.15, 0.2) is 11.4 Å². The molecular formula is C16H13BrN4O3S. The van der Waals surface area contributed by atoms with Gasteiger partial charge in [-0.2, -0.15) is 5.26 Å². The van der Waals surface area contributed by atoms with E-state index in [1.165, 1.54) is 23.9 Å². The second-order valence-electron chi connectivity index (χ2n) is 4.66. The smallest absolute Gasteiger partial charge is 0.296 e. The molecule has 0 aromatic heterocycles. The van der Waals surface area contributed by atoms with Gasteiger partial charge in [-0.1, -0.05) is 42.1 Å². The summed E-state index contributed by atoms with van der Waals surface area (Å²) in [6, 6.07) is 12.4. The average molecular weight is 421 g/mol. The lowest BCUT2D eigenvalue weighted by molar-refractivity contribution is -0.384. The number of nitrogens with zero attached hydrogens (tertiary/aromatic N) is 3. The summed E-state index contributed by atoms with van der Waals surface area (Å²) >= 11 is 4.46. The van der Waals surface area contributed by atoms with Crippen molar-refractivity contribution in [3.05, 3.63) is 62.6 Å². The summed E-state index contributed by atoms with van der Waals surface area (Å²) in [4.78, 5) is 14.9. The molecule has 2 aromatic rings. The molecule has 9 heteroatoms. The predicted octanol–water partition coefficient (Wildman–Crippen LogP) is 4.36. The maximum atomic E-state index is 11.3. The molecule has 0 spiro atoms. The zero-order chi connectivity index (χ0) is 18.2. The van der Waals surface area contributed by atoms with Crippen LogP contribution in [0, 0.1) is 21.6 Å². The van der Waals surface area contributed by atoms with Crippen LogP contribution in [0.25, 0.3) is 0 Å². The molecule has 0 atom stereocenters. The number of rotatable bonds is 5. The number of nitrogens with one attached hydrogen (secondary N) is 1. The first-order valence-electron chi connectivity index (χ1n) is 6.97. The summed E-state index contributed by atoms with van der Waals surface area (Å²) in [5.41, 5.74) is 0.877. The van der Waals surface area contributed by atoms with Gasteiger partial charge in [0.1, 0.15) is 18.0 Å². The number of nitriles is 1. The van der Waals surface area contributed by atoms with E-state index in [1.807, 2.05) is 30.3 Å². The molecule has 0 unspecified atom stereocenters. The van der Waals surface area contributed by atoms with Crippen molar-refractivity contribution in [1.29, 1.82) is 5.26 Å². The van der Waals surface area contributed by atoms with E-state index in [2.05, 4.69) is 26.2 Å². The van der Waals surface area contributed by atoms with Crippen LogP contribution in [-0.2, 0) is 6.61 Å². The fraction of sp³-hybridized carbons (Fsp3) is 0.125. The minimum Gasteiger partial charge on any atom is -0.488 e. The van der Waals surface area contributed by atoms with E-state index in [1.54, 1.807) is 12.4 Å². The SMILES string of the molecule is CSC(=Nc1cc(OCc2ccccc2)c(Br)cc1[N+](=O)[O-])NC#N. The second kappa shape index (κ2) is 9.05. The molecule has 0 radical (unpaired) electrons. The molecule has 0 heterocycles. The molecule has 0 saturated heterocycles. The van der Waals surface area contributed by atoms with Crippen LogP contribution in [-0.4, -0.2) is 16.3 Å². The zero-order valence-corrected chi connectivity index (χ0v) is 15.5. The fourth-order valence-corrected chi connectivity index (χ4v) is 2.68. The zero-order valence-electron chi connectivity index (χ0n) is 13.1. The van der Waals surface area contributed by atoms with Crippen LogP contribution in [0.5, 0.6) is 5.75 Å². The highest BCUT2D eigenvalue weighted by molar-refractivity contribution is 9.10. The van der Waals surface area contributed by atoms with E-state index in [4.69, 9.17) is 10.00 Å². The lowest BCUT2D eigenvalue weighted by atomic mass is 10.2. The first kappa shape index (κ1) is 18.8. The van der Waals surface area contributed by atoms with Crippen LogP contribution in [0.3, 0.4) is 0 Å². The number of thioether (sulfide) groups is 1. The molecule has 2 aromatic carbocycles. The number of nitro groups is 1. The first-order valence-corrected chi connectivity index (χ1v) is 8.99. The average Bonchev–Trinajstić information content (AvgIpc) is 2.61. The number of hydrogen-bond donors (Lipinski definition) is 1. The van der Waals surface area contributed by atoms with Crippen molar-refractivity contribution < 1.29 is 9.66 Å². The Morgan fingerprint density at radius 3 is 2.76 bits per heavy atom. The van der Waals surface area contributed by atoms with Crippen molar-refractivity contribution in [3.8, 4) is 11.9 Å². The van der Waals surface area contributed by atoms with Crippen molar-refractivity contribution in [1.82, 2.24) is 5.32 Å². The van der Waals surface area contributed by atoms with Crippen LogP contribution in [0.4, 0.5) is 11.4 Å². The van der Waals surface area contributed by atoms with Crippen LogP contribution < -0.4 is 10.1 Å². The molecule has 0 aliphatic carbocycles. The van der Waals surface area contributed by atoms with Crippen molar-refractivity contribution in [2.75, 3.05) is 6.26 Å². The maximum absolute atomic E-state index is 11.3. The van der Waals surface area contributed by atoms with E-state index < -0.39 is 4.92 Å². The summed E-state index contributed by atoms with van der Waals surface area (Å²) in [5, 5.41) is 22.6. The molecule has 25 heavy (non-hydrogen) atoms. The van der Waals surface area contributed by atoms with Gasteiger partial charge in [0, 0.05) is 12.1 Å². The van der Waals surface area contributed by atoms with E-state index in [9.17, 15) is 10.1 Å². The Balaban J connectivity index is 2.36. The minimum absolute atomic E-state index is 0.100. The normalized spacial score (nSPS) is 10.8. The maximum Gasteiger partial charge on any atom is 0.296 e. The number of nitro benzene ring substituents is 1. The number of aliphatic imine (C=N–C) groups is 1. The highest BCUT2D eigenvalue weighted by atomic mass is 79.9. The van der Waals surface area contributed by atoms with Gasteiger partial charge in [0.25, 0.3) is 5.69 Å². The largest absolute Gasteiger partial charge is 0.488 e. The Morgan fingerprint density at radius 2 is 2.16 bits per heavy atom. The lowest BCUT2D eigenvalue weighted by Crippen LogP contribution is -2.12. The fourth-order valence-electron chi connectivity index (χ4n) is 1.90.